The maximum atomic E-state index is 14.2. The molecular formula is C34H52N4O8S2. The largest absolute Gasteiger partial charge is 0.480 e. The third kappa shape index (κ3) is 9.48. The normalized spacial score (nSPS) is 18.4. The van der Waals surface area contributed by atoms with Crippen LogP contribution in [0.5, 0.6) is 0 Å². The van der Waals surface area contributed by atoms with Gasteiger partial charge in [-0.15, -0.1) is 0 Å². The van der Waals surface area contributed by atoms with E-state index in [9.17, 15) is 26.7 Å². The highest BCUT2D eigenvalue weighted by Gasteiger charge is 2.49. The first-order valence-electron chi connectivity index (χ1n) is 16.6. The van der Waals surface area contributed by atoms with Gasteiger partial charge in [0.15, 0.2) is 15.7 Å². The van der Waals surface area contributed by atoms with E-state index >= 15 is 0 Å². The summed E-state index contributed by atoms with van der Waals surface area (Å²) in [5.41, 5.74) is 0.963. The van der Waals surface area contributed by atoms with Crippen LogP contribution >= 0.6 is 0 Å². The zero-order valence-electron chi connectivity index (χ0n) is 29.0. The van der Waals surface area contributed by atoms with Gasteiger partial charge in [-0.1, -0.05) is 51.7 Å². The summed E-state index contributed by atoms with van der Waals surface area (Å²) in [4.78, 5) is 14.4. The number of nitrogens with one attached hydrogen (secondary N) is 2. The van der Waals surface area contributed by atoms with Gasteiger partial charge in [0, 0.05) is 31.1 Å². The molecule has 2 atom stereocenters. The summed E-state index contributed by atoms with van der Waals surface area (Å²) >= 11 is 0. The van der Waals surface area contributed by atoms with Gasteiger partial charge >= 0.3 is 16.2 Å². The molecule has 3 rings (SSSR count). The average Bonchev–Trinajstić information content (AvgIpc) is 3.08. The lowest BCUT2D eigenvalue weighted by Crippen LogP contribution is -2.43. The first-order valence-corrected chi connectivity index (χ1v) is 19.7. The van der Waals surface area contributed by atoms with Crippen molar-refractivity contribution < 1.29 is 36.2 Å². The van der Waals surface area contributed by atoms with Crippen LogP contribution in [0.15, 0.2) is 47.4 Å². The third-order valence-corrected chi connectivity index (χ3v) is 12.2. The van der Waals surface area contributed by atoms with Gasteiger partial charge in [0.05, 0.1) is 42.2 Å². The number of anilines is 2. The highest BCUT2D eigenvalue weighted by atomic mass is 32.2. The number of hydrogen-bond donors (Lipinski definition) is 3. The second-order valence-electron chi connectivity index (χ2n) is 12.5. The number of rotatable bonds is 17. The standard InChI is InChI=1S/C34H52N4O8S2/c1-7-11-18-34(19-12-8-2)24-47(41,42)29-17-16-27(37(5)6)21-28(29)32(33(34)40)25-14-13-15-26(20-25)36-48(43,44)38(22-30(35)45-9-3)23-31(39)46-10-4/h13-17,20-21,32-33,35-36,40H,7-12,18-19,22-24H2,1-6H3/t32-,33-/m1/s1. The van der Waals surface area contributed by atoms with E-state index in [1.807, 2.05) is 32.8 Å². The average molecular weight is 709 g/mol. The van der Waals surface area contributed by atoms with Gasteiger partial charge in [0.1, 0.15) is 6.54 Å². The minimum absolute atomic E-state index is 0.0551. The first-order chi connectivity index (χ1) is 22.6. The molecule has 2 aromatic carbocycles. The van der Waals surface area contributed by atoms with Crippen molar-refractivity contribution in [2.24, 2.45) is 5.41 Å². The summed E-state index contributed by atoms with van der Waals surface area (Å²) in [6, 6.07) is 11.7. The second-order valence-corrected chi connectivity index (χ2v) is 16.2. The number of sulfone groups is 1. The summed E-state index contributed by atoms with van der Waals surface area (Å²) in [6.45, 7) is 6.40. The number of unbranched alkanes of at least 4 members (excludes halogenated alkanes) is 2. The van der Waals surface area contributed by atoms with Crippen LogP contribution in [0.4, 0.5) is 11.4 Å². The Morgan fingerprint density at radius 3 is 2.23 bits per heavy atom. The quantitative estimate of drug-likeness (QED) is 0.117. The van der Waals surface area contributed by atoms with Gasteiger partial charge in [-0.3, -0.25) is 14.9 Å². The molecule has 1 aliphatic rings. The summed E-state index contributed by atoms with van der Waals surface area (Å²) in [5, 5.41) is 20.5. The van der Waals surface area contributed by atoms with E-state index in [1.165, 1.54) is 6.07 Å². The number of aliphatic hydroxyl groups excluding tert-OH is 1. The summed E-state index contributed by atoms with van der Waals surface area (Å²) in [6.07, 6.45) is 3.12. The Labute approximate surface area is 286 Å². The second kappa shape index (κ2) is 17.0. The Morgan fingerprint density at radius 1 is 1.00 bits per heavy atom. The van der Waals surface area contributed by atoms with Gasteiger partial charge < -0.3 is 19.5 Å². The minimum atomic E-state index is -4.42. The van der Waals surface area contributed by atoms with Crippen LogP contribution in [-0.4, -0.2) is 90.4 Å². The van der Waals surface area contributed by atoms with E-state index in [-0.39, 0.29) is 35.4 Å². The van der Waals surface area contributed by atoms with Gasteiger partial charge in [-0.25, -0.2) is 8.42 Å². The summed E-state index contributed by atoms with van der Waals surface area (Å²) in [7, 11) is -4.53. The smallest absolute Gasteiger partial charge is 0.321 e. The van der Waals surface area contributed by atoms with Crippen molar-refractivity contribution in [3.05, 3.63) is 53.6 Å². The maximum Gasteiger partial charge on any atom is 0.321 e. The van der Waals surface area contributed by atoms with E-state index in [0.717, 1.165) is 35.7 Å². The van der Waals surface area contributed by atoms with Crippen molar-refractivity contribution in [3.8, 4) is 0 Å². The SMILES string of the molecule is CCCCC1(CCCC)CS(=O)(=O)c2ccc(N(C)C)cc2[C@@H](c2cccc(NS(=O)(=O)N(CC(=N)OCC)CC(=O)OCC)c2)[C@H]1O. The molecule has 12 nitrogen and oxygen atoms in total. The third-order valence-electron chi connectivity index (χ3n) is 8.74. The molecule has 3 N–H and O–H groups in total. The number of nitrogens with zero attached hydrogens (tertiary/aromatic N) is 2. The molecule has 1 aliphatic heterocycles. The topological polar surface area (TPSA) is 166 Å². The van der Waals surface area contributed by atoms with Crippen molar-refractivity contribution in [2.45, 2.75) is 83.1 Å². The Morgan fingerprint density at radius 2 is 1.65 bits per heavy atom. The molecule has 1 heterocycles. The van der Waals surface area contributed by atoms with E-state index in [1.54, 1.807) is 50.2 Å². The highest BCUT2D eigenvalue weighted by molar-refractivity contribution is 7.91. The maximum absolute atomic E-state index is 14.2. The molecule has 0 aromatic heterocycles. The number of hydrogen-bond acceptors (Lipinski definition) is 10. The number of ether oxygens (including phenoxy) is 2. The number of benzene rings is 2. The molecule has 0 amide bonds. The summed E-state index contributed by atoms with van der Waals surface area (Å²) < 4.78 is 69.0. The molecule has 0 saturated heterocycles. The molecule has 2 aromatic rings. The van der Waals surface area contributed by atoms with Crippen LogP contribution in [0, 0.1) is 10.8 Å². The van der Waals surface area contributed by atoms with Gasteiger partial charge in [-0.05, 0) is 68.1 Å². The fourth-order valence-electron chi connectivity index (χ4n) is 6.36. The molecule has 0 saturated carbocycles. The van der Waals surface area contributed by atoms with Crippen molar-refractivity contribution in [2.75, 3.05) is 55.8 Å². The van der Waals surface area contributed by atoms with Crippen LogP contribution in [0.25, 0.3) is 0 Å². The van der Waals surface area contributed by atoms with Crippen molar-refractivity contribution in [1.82, 2.24) is 4.31 Å². The lowest BCUT2D eigenvalue weighted by atomic mass is 9.68. The lowest BCUT2D eigenvalue weighted by molar-refractivity contribution is -0.143. The fourth-order valence-corrected chi connectivity index (χ4v) is 9.66. The van der Waals surface area contributed by atoms with E-state index in [4.69, 9.17) is 14.9 Å². The van der Waals surface area contributed by atoms with Crippen LogP contribution in [0.1, 0.15) is 83.3 Å². The number of fused-ring (bicyclic) bond motifs is 1. The van der Waals surface area contributed by atoms with Crippen LogP contribution in [0.3, 0.4) is 0 Å². The molecule has 0 bridgehead atoms. The lowest BCUT2D eigenvalue weighted by Gasteiger charge is -2.40. The highest BCUT2D eigenvalue weighted by Crippen LogP contribution is 2.50. The number of esters is 1. The predicted molar refractivity (Wildman–Crippen MR) is 189 cm³/mol. The molecule has 268 valence electrons. The zero-order chi connectivity index (χ0) is 35.7. The minimum Gasteiger partial charge on any atom is -0.480 e. The van der Waals surface area contributed by atoms with Gasteiger partial charge in [0.25, 0.3) is 0 Å². The Hall–Kier alpha value is -3.20. The van der Waals surface area contributed by atoms with Gasteiger partial charge in [-0.2, -0.15) is 12.7 Å². The molecule has 0 radical (unpaired) electrons. The Kier molecular flexibility index (Phi) is 13.9. The van der Waals surface area contributed by atoms with Crippen molar-refractivity contribution in [3.63, 3.8) is 0 Å². The Balaban J connectivity index is 2.19. The van der Waals surface area contributed by atoms with E-state index in [2.05, 4.69) is 4.72 Å². The molecule has 14 heteroatoms. The number of carbonyl (C=O) groups excluding carboxylic acids is 1. The zero-order valence-corrected chi connectivity index (χ0v) is 30.6. The Bertz CT molecular complexity index is 1600. The molecule has 0 aliphatic carbocycles. The summed E-state index contributed by atoms with van der Waals surface area (Å²) in [5.74, 6) is -2.11. The van der Waals surface area contributed by atoms with Crippen LogP contribution in [-0.2, 0) is 34.3 Å². The van der Waals surface area contributed by atoms with Crippen molar-refractivity contribution in [1.29, 1.82) is 5.41 Å². The van der Waals surface area contributed by atoms with Crippen LogP contribution < -0.4 is 9.62 Å². The predicted octanol–water partition coefficient (Wildman–Crippen LogP) is 4.94. The van der Waals surface area contributed by atoms with Crippen LogP contribution in [0.2, 0.25) is 0 Å². The number of aliphatic hydroxyl groups is 1. The van der Waals surface area contributed by atoms with E-state index < -0.39 is 56.5 Å². The number of carbonyl (C=O) groups is 1. The molecule has 48 heavy (non-hydrogen) atoms. The fraction of sp³-hybridized carbons (Fsp3) is 0.588. The van der Waals surface area contributed by atoms with Crippen molar-refractivity contribution >= 4 is 43.3 Å². The van der Waals surface area contributed by atoms with E-state index in [0.29, 0.717) is 24.0 Å². The monoisotopic (exact) mass is 708 g/mol. The molecule has 0 unspecified atom stereocenters. The first kappa shape index (κ1) is 39.2. The molecular weight excluding hydrogens is 657 g/mol. The molecule has 0 spiro atoms. The van der Waals surface area contributed by atoms with Gasteiger partial charge in [0.2, 0.25) is 0 Å². The molecule has 0 fully saturated rings.